The highest BCUT2D eigenvalue weighted by molar-refractivity contribution is 7.17. The molecule has 1 atom stereocenters. The smallest absolute Gasteiger partial charge is 0.414 e. The number of unbranched alkanes of at least 4 members (excludes halogenated alkanes) is 3. The van der Waals surface area contributed by atoms with Gasteiger partial charge in [-0.05, 0) is 18.9 Å². The van der Waals surface area contributed by atoms with E-state index in [4.69, 9.17) is 4.74 Å². The number of pyridine rings is 1. The minimum absolute atomic E-state index is 0.0335. The highest BCUT2D eigenvalue weighted by Gasteiger charge is 2.33. The summed E-state index contributed by atoms with van der Waals surface area (Å²) in [5.41, 5.74) is 0.957. The van der Waals surface area contributed by atoms with E-state index in [1.807, 2.05) is 17.6 Å². The molecule has 0 aromatic carbocycles. The average molecular weight is 304 g/mol. The molecule has 112 valence electrons. The van der Waals surface area contributed by atoms with Gasteiger partial charge < -0.3 is 4.74 Å². The van der Waals surface area contributed by atoms with Crippen molar-refractivity contribution < 1.29 is 9.53 Å². The van der Waals surface area contributed by atoms with Gasteiger partial charge >= 0.3 is 6.09 Å². The maximum atomic E-state index is 12.1. The zero-order valence-corrected chi connectivity index (χ0v) is 13.1. The molecule has 21 heavy (non-hydrogen) atoms. The number of hydrogen-bond donors (Lipinski definition) is 0. The second kappa shape index (κ2) is 6.43. The topological polar surface area (TPSA) is 42.4 Å². The third kappa shape index (κ3) is 3.02. The SMILES string of the molecule is CCCCCCC1CN(c2csc3cnccc23)C(=O)O1. The number of carbonyl (C=O) groups is 1. The summed E-state index contributed by atoms with van der Waals surface area (Å²) >= 11 is 1.62. The normalized spacial score (nSPS) is 18.4. The molecule has 2 aromatic rings. The third-order valence-electron chi connectivity index (χ3n) is 3.90. The van der Waals surface area contributed by atoms with Gasteiger partial charge in [-0.15, -0.1) is 11.3 Å². The first kappa shape index (κ1) is 14.3. The molecule has 1 unspecified atom stereocenters. The molecule has 2 aromatic heterocycles. The lowest BCUT2D eigenvalue weighted by molar-refractivity contribution is 0.135. The number of ether oxygens (including phenoxy) is 1. The molecular weight excluding hydrogens is 284 g/mol. The Balaban J connectivity index is 1.68. The summed E-state index contributed by atoms with van der Waals surface area (Å²) in [5.74, 6) is 0. The Bertz CT molecular complexity index is 626. The fourth-order valence-corrected chi connectivity index (χ4v) is 3.66. The van der Waals surface area contributed by atoms with Crippen molar-refractivity contribution in [2.45, 2.75) is 45.1 Å². The van der Waals surface area contributed by atoms with E-state index in [1.165, 1.54) is 19.3 Å². The van der Waals surface area contributed by atoms with Crippen molar-refractivity contribution in [2.75, 3.05) is 11.4 Å². The number of fused-ring (bicyclic) bond motifs is 1. The maximum absolute atomic E-state index is 12.1. The van der Waals surface area contributed by atoms with Gasteiger partial charge in [0.25, 0.3) is 0 Å². The lowest BCUT2D eigenvalue weighted by Crippen LogP contribution is -2.24. The molecule has 3 rings (SSSR count). The van der Waals surface area contributed by atoms with Crippen LogP contribution >= 0.6 is 11.3 Å². The van der Waals surface area contributed by atoms with E-state index >= 15 is 0 Å². The molecule has 0 spiro atoms. The molecule has 1 fully saturated rings. The Labute approximate surface area is 128 Å². The van der Waals surface area contributed by atoms with Crippen molar-refractivity contribution in [1.82, 2.24) is 4.98 Å². The number of nitrogens with zero attached hydrogens (tertiary/aromatic N) is 2. The minimum atomic E-state index is -0.216. The zero-order valence-electron chi connectivity index (χ0n) is 12.2. The molecule has 0 saturated carbocycles. The van der Waals surface area contributed by atoms with E-state index in [0.29, 0.717) is 6.54 Å². The van der Waals surface area contributed by atoms with E-state index in [0.717, 1.165) is 28.6 Å². The average Bonchev–Trinajstić information content (AvgIpc) is 3.07. The van der Waals surface area contributed by atoms with Crippen LogP contribution in [-0.2, 0) is 4.74 Å². The van der Waals surface area contributed by atoms with Gasteiger partial charge in [-0.3, -0.25) is 9.88 Å². The number of carbonyl (C=O) groups excluding carboxylic acids is 1. The van der Waals surface area contributed by atoms with Crippen molar-refractivity contribution >= 4 is 33.2 Å². The van der Waals surface area contributed by atoms with Crippen molar-refractivity contribution in [3.63, 3.8) is 0 Å². The second-order valence-electron chi connectivity index (χ2n) is 5.46. The van der Waals surface area contributed by atoms with Crippen LogP contribution in [0.25, 0.3) is 10.1 Å². The minimum Gasteiger partial charge on any atom is -0.444 e. The number of aromatic nitrogens is 1. The van der Waals surface area contributed by atoms with Crippen molar-refractivity contribution in [1.29, 1.82) is 0 Å². The van der Waals surface area contributed by atoms with Crippen LogP contribution in [0.2, 0.25) is 0 Å². The lowest BCUT2D eigenvalue weighted by atomic mass is 10.1. The second-order valence-corrected chi connectivity index (χ2v) is 6.37. The van der Waals surface area contributed by atoms with E-state index in [-0.39, 0.29) is 12.2 Å². The van der Waals surface area contributed by atoms with Gasteiger partial charge in [-0.25, -0.2) is 4.79 Å². The van der Waals surface area contributed by atoms with E-state index in [1.54, 1.807) is 22.4 Å². The highest BCUT2D eigenvalue weighted by Crippen LogP contribution is 2.35. The summed E-state index contributed by atoms with van der Waals surface area (Å²) < 4.78 is 6.61. The molecule has 1 saturated heterocycles. The van der Waals surface area contributed by atoms with Gasteiger partial charge in [-0.1, -0.05) is 26.2 Å². The van der Waals surface area contributed by atoms with Gasteiger partial charge in [0.2, 0.25) is 0 Å². The van der Waals surface area contributed by atoms with E-state index < -0.39 is 0 Å². The summed E-state index contributed by atoms with van der Waals surface area (Å²) in [5, 5.41) is 3.10. The van der Waals surface area contributed by atoms with Crippen molar-refractivity contribution in [3.05, 3.63) is 23.8 Å². The molecule has 5 heteroatoms. The van der Waals surface area contributed by atoms with Crippen LogP contribution in [0.1, 0.15) is 39.0 Å². The van der Waals surface area contributed by atoms with Gasteiger partial charge in [0, 0.05) is 23.2 Å². The largest absolute Gasteiger partial charge is 0.444 e. The summed E-state index contributed by atoms with van der Waals surface area (Å²) in [6.45, 7) is 2.87. The van der Waals surface area contributed by atoms with Crippen molar-refractivity contribution in [3.8, 4) is 0 Å². The Kier molecular flexibility index (Phi) is 4.39. The van der Waals surface area contributed by atoms with Gasteiger partial charge in [0.1, 0.15) is 6.10 Å². The predicted molar refractivity (Wildman–Crippen MR) is 86.0 cm³/mol. The van der Waals surface area contributed by atoms with Gasteiger partial charge in [0.15, 0.2) is 0 Å². The summed E-state index contributed by atoms with van der Waals surface area (Å²) in [7, 11) is 0. The van der Waals surface area contributed by atoms with Crippen LogP contribution in [0.3, 0.4) is 0 Å². The molecule has 0 aliphatic carbocycles. The maximum Gasteiger partial charge on any atom is 0.414 e. The highest BCUT2D eigenvalue weighted by atomic mass is 32.1. The fourth-order valence-electron chi connectivity index (χ4n) is 2.74. The fraction of sp³-hybridized carbons (Fsp3) is 0.500. The zero-order chi connectivity index (χ0) is 14.7. The molecule has 3 heterocycles. The first-order valence-electron chi connectivity index (χ1n) is 7.59. The number of thiophene rings is 1. The van der Waals surface area contributed by atoms with Crippen LogP contribution in [0.15, 0.2) is 23.8 Å². The van der Waals surface area contributed by atoms with Gasteiger partial charge in [0.05, 0.1) is 16.9 Å². The number of rotatable bonds is 6. The molecule has 1 aliphatic heterocycles. The Morgan fingerprint density at radius 2 is 2.33 bits per heavy atom. The van der Waals surface area contributed by atoms with Crippen LogP contribution < -0.4 is 4.90 Å². The predicted octanol–water partition coefficient (Wildman–Crippen LogP) is 4.59. The summed E-state index contributed by atoms with van der Waals surface area (Å²) in [4.78, 5) is 18.0. The molecule has 1 aliphatic rings. The Hall–Kier alpha value is -1.62. The molecule has 4 nitrogen and oxygen atoms in total. The molecule has 0 N–H and O–H groups in total. The van der Waals surface area contributed by atoms with Crippen LogP contribution in [-0.4, -0.2) is 23.7 Å². The first-order valence-corrected chi connectivity index (χ1v) is 8.47. The monoisotopic (exact) mass is 304 g/mol. The Morgan fingerprint density at radius 3 is 3.19 bits per heavy atom. The standard InChI is InChI=1S/C16H20N2O2S/c1-2-3-4-5-6-12-10-18(16(19)20-12)14-11-21-15-9-17-8-7-13(14)15/h7-9,11-12H,2-6,10H2,1H3. The number of amides is 1. The van der Waals surface area contributed by atoms with Gasteiger partial charge in [-0.2, -0.15) is 0 Å². The first-order chi connectivity index (χ1) is 10.3. The van der Waals surface area contributed by atoms with Crippen LogP contribution in [0.5, 0.6) is 0 Å². The van der Waals surface area contributed by atoms with Crippen LogP contribution in [0.4, 0.5) is 10.5 Å². The van der Waals surface area contributed by atoms with E-state index in [9.17, 15) is 4.79 Å². The van der Waals surface area contributed by atoms with E-state index in [2.05, 4.69) is 11.9 Å². The third-order valence-corrected chi connectivity index (χ3v) is 4.82. The number of anilines is 1. The molecule has 1 amide bonds. The number of cyclic esters (lactones) is 1. The van der Waals surface area contributed by atoms with Crippen LogP contribution in [0, 0.1) is 0 Å². The van der Waals surface area contributed by atoms with Crippen molar-refractivity contribution in [2.24, 2.45) is 0 Å². The quantitative estimate of drug-likeness (QED) is 0.733. The summed E-state index contributed by atoms with van der Waals surface area (Å²) in [6, 6.07) is 1.96. The molecule has 0 bridgehead atoms. The number of hydrogen-bond acceptors (Lipinski definition) is 4. The Morgan fingerprint density at radius 1 is 1.43 bits per heavy atom. The molecular formula is C16H20N2O2S. The molecule has 0 radical (unpaired) electrons. The lowest BCUT2D eigenvalue weighted by Gasteiger charge is -2.11. The summed E-state index contributed by atoms with van der Waals surface area (Å²) in [6.07, 6.45) is 9.23.